The molecule has 3 aromatic carbocycles. The highest BCUT2D eigenvalue weighted by Crippen LogP contribution is 2.45. The third-order valence-corrected chi connectivity index (χ3v) is 5.90. The Morgan fingerprint density at radius 1 is 1.12 bits per heavy atom. The maximum Gasteiger partial charge on any atom is 0.325 e. The van der Waals surface area contributed by atoms with Gasteiger partial charge in [-0.1, -0.05) is 36.4 Å². The number of rotatable bonds is 4. The van der Waals surface area contributed by atoms with Crippen LogP contribution in [0, 0.1) is 0 Å². The average Bonchev–Trinajstić information content (AvgIpc) is 2.79. The molecule has 5 rings (SSSR count). The van der Waals surface area contributed by atoms with Crippen molar-refractivity contribution in [2.75, 3.05) is 17.3 Å². The molecule has 2 aliphatic heterocycles. The van der Waals surface area contributed by atoms with E-state index in [1.165, 1.54) is 0 Å². The topological polar surface area (TPSA) is 79.9 Å². The number of nitrogens with one attached hydrogen (secondary N) is 2. The van der Waals surface area contributed by atoms with Crippen LogP contribution in [0.3, 0.4) is 0 Å². The molecule has 2 N–H and O–H groups in total. The Labute approximate surface area is 185 Å². The van der Waals surface area contributed by atoms with Crippen molar-refractivity contribution in [2.24, 2.45) is 0 Å². The van der Waals surface area contributed by atoms with Gasteiger partial charge in [0.15, 0.2) is 5.72 Å². The van der Waals surface area contributed by atoms with Crippen molar-refractivity contribution >= 4 is 23.3 Å². The molecule has 3 aromatic rings. The van der Waals surface area contributed by atoms with Crippen LogP contribution in [0.4, 0.5) is 16.2 Å². The summed E-state index contributed by atoms with van der Waals surface area (Å²) < 4.78 is 11.6. The van der Waals surface area contributed by atoms with Gasteiger partial charge in [-0.05, 0) is 43.3 Å². The van der Waals surface area contributed by atoms with Crippen LogP contribution in [-0.4, -0.2) is 24.8 Å². The van der Waals surface area contributed by atoms with E-state index < -0.39 is 5.72 Å². The van der Waals surface area contributed by atoms with Crippen molar-refractivity contribution in [1.82, 2.24) is 5.32 Å². The first-order valence-corrected chi connectivity index (χ1v) is 10.4. The Hall–Kier alpha value is -4.00. The zero-order valence-electron chi connectivity index (χ0n) is 17.8. The minimum absolute atomic E-state index is 0.120. The average molecular weight is 429 g/mol. The molecular weight excluding hydrogens is 406 g/mol. The van der Waals surface area contributed by atoms with Crippen LogP contribution in [-0.2, 0) is 0 Å². The number of carbonyl (C=O) groups is 2. The first-order valence-electron chi connectivity index (χ1n) is 10.4. The van der Waals surface area contributed by atoms with Crippen LogP contribution in [0.2, 0.25) is 0 Å². The Balaban J connectivity index is 1.45. The molecule has 0 saturated carbocycles. The van der Waals surface area contributed by atoms with Gasteiger partial charge < -0.3 is 20.1 Å². The molecular formula is C25H23N3O4. The van der Waals surface area contributed by atoms with Crippen LogP contribution in [0.5, 0.6) is 11.5 Å². The Kier molecular flexibility index (Phi) is 4.74. The van der Waals surface area contributed by atoms with Gasteiger partial charge in [0.25, 0.3) is 5.91 Å². The second kappa shape index (κ2) is 7.60. The molecule has 3 amide bonds. The van der Waals surface area contributed by atoms with Gasteiger partial charge in [0, 0.05) is 17.5 Å². The summed E-state index contributed by atoms with van der Waals surface area (Å²) in [6.07, 6.45) is 0.591. The highest BCUT2D eigenvalue weighted by atomic mass is 16.5. The number of anilines is 2. The van der Waals surface area contributed by atoms with Crippen LogP contribution in [0.25, 0.3) is 0 Å². The van der Waals surface area contributed by atoms with Crippen molar-refractivity contribution < 1.29 is 19.1 Å². The molecule has 7 heteroatoms. The van der Waals surface area contributed by atoms with Crippen LogP contribution < -0.4 is 25.0 Å². The fourth-order valence-corrected chi connectivity index (χ4v) is 4.44. The van der Waals surface area contributed by atoms with E-state index in [1.807, 2.05) is 43.3 Å². The minimum Gasteiger partial charge on any atom is -0.495 e. The molecule has 0 spiro atoms. The standard InChI is InChI=1S/C25H23N3O4/c1-25-15-20(18-10-3-5-12-21(18)32-25)27-24(30)28(25)17-9-7-8-16(14-17)23(29)26-19-11-4-6-13-22(19)31-2/h3-14,20H,15H2,1-2H3,(H,26,29)(H,27,30)/t20-,25+/m0/s1. The number of amides is 3. The number of ether oxygens (including phenoxy) is 2. The minimum atomic E-state index is -0.876. The number of hydrogen-bond donors (Lipinski definition) is 2. The van der Waals surface area contributed by atoms with Gasteiger partial charge in [0.2, 0.25) is 0 Å². The fourth-order valence-electron chi connectivity index (χ4n) is 4.44. The summed E-state index contributed by atoms with van der Waals surface area (Å²) in [6, 6.07) is 21.5. The van der Waals surface area contributed by atoms with Gasteiger partial charge in [-0.25, -0.2) is 4.79 Å². The molecule has 0 aromatic heterocycles. The van der Waals surface area contributed by atoms with Crippen molar-refractivity contribution in [1.29, 1.82) is 0 Å². The Bertz CT molecular complexity index is 1210. The van der Waals surface area contributed by atoms with Crippen LogP contribution in [0.15, 0.2) is 72.8 Å². The van der Waals surface area contributed by atoms with Crippen molar-refractivity contribution in [3.8, 4) is 11.5 Å². The summed E-state index contributed by atoms with van der Waals surface area (Å²) in [5.41, 5.74) is 1.67. The predicted molar refractivity (Wildman–Crippen MR) is 121 cm³/mol. The van der Waals surface area contributed by atoms with Gasteiger partial charge in [0.05, 0.1) is 24.5 Å². The molecule has 2 atom stereocenters. The van der Waals surface area contributed by atoms with Gasteiger partial charge in [-0.3, -0.25) is 9.69 Å². The highest BCUT2D eigenvalue weighted by Gasteiger charge is 2.49. The summed E-state index contributed by atoms with van der Waals surface area (Å²) in [5, 5.41) is 5.94. The quantitative estimate of drug-likeness (QED) is 0.629. The van der Waals surface area contributed by atoms with E-state index in [0.717, 1.165) is 11.3 Å². The smallest absolute Gasteiger partial charge is 0.325 e. The van der Waals surface area contributed by atoms with Gasteiger partial charge in [-0.15, -0.1) is 0 Å². The summed E-state index contributed by atoms with van der Waals surface area (Å²) in [7, 11) is 1.55. The summed E-state index contributed by atoms with van der Waals surface area (Å²) in [5.74, 6) is 1.02. The second-order valence-corrected chi connectivity index (χ2v) is 8.06. The van der Waals surface area contributed by atoms with E-state index in [9.17, 15) is 9.59 Å². The van der Waals surface area contributed by atoms with Crippen LogP contribution >= 0.6 is 0 Å². The number of nitrogens with zero attached hydrogens (tertiary/aromatic N) is 1. The third-order valence-electron chi connectivity index (χ3n) is 5.90. The lowest BCUT2D eigenvalue weighted by Gasteiger charge is -2.50. The molecule has 0 radical (unpaired) electrons. The van der Waals surface area contributed by atoms with Crippen molar-refractivity contribution in [3.63, 3.8) is 0 Å². The molecule has 2 aliphatic rings. The third kappa shape index (κ3) is 3.32. The van der Waals surface area contributed by atoms with Crippen LogP contribution in [0.1, 0.15) is 35.3 Å². The Morgan fingerprint density at radius 3 is 2.75 bits per heavy atom. The van der Waals surface area contributed by atoms with Crippen molar-refractivity contribution in [3.05, 3.63) is 83.9 Å². The maximum absolute atomic E-state index is 13.1. The number of methoxy groups -OCH3 is 1. The number of hydrogen-bond acceptors (Lipinski definition) is 4. The zero-order chi connectivity index (χ0) is 22.3. The monoisotopic (exact) mass is 429 g/mol. The number of urea groups is 1. The first-order chi connectivity index (χ1) is 15.5. The second-order valence-electron chi connectivity index (χ2n) is 8.06. The maximum atomic E-state index is 13.1. The predicted octanol–water partition coefficient (Wildman–Crippen LogP) is 4.72. The lowest BCUT2D eigenvalue weighted by atomic mass is 9.90. The van der Waals surface area contributed by atoms with E-state index in [1.54, 1.807) is 48.4 Å². The summed E-state index contributed by atoms with van der Waals surface area (Å²) in [6.45, 7) is 1.90. The molecule has 2 bridgehead atoms. The molecule has 162 valence electrons. The zero-order valence-corrected chi connectivity index (χ0v) is 17.8. The number of carbonyl (C=O) groups excluding carboxylic acids is 2. The van der Waals surface area contributed by atoms with E-state index in [-0.39, 0.29) is 18.0 Å². The largest absolute Gasteiger partial charge is 0.495 e. The van der Waals surface area contributed by atoms with E-state index in [4.69, 9.17) is 9.47 Å². The fraction of sp³-hybridized carbons (Fsp3) is 0.200. The Morgan fingerprint density at radius 2 is 1.91 bits per heavy atom. The van der Waals surface area contributed by atoms with E-state index in [0.29, 0.717) is 29.1 Å². The van der Waals surface area contributed by atoms with Gasteiger partial charge >= 0.3 is 6.03 Å². The lowest BCUT2D eigenvalue weighted by molar-refractivity contribution is 0.0378. The molecule has 1 fully saturated rings. The number of para-hydroxylation sites is 3. The summed E-state index contributed by atoms with van der Waals surface area (Å²) in [4.78, 5) is 27.6. The van der Waals surface area contributed by atoms with Gasteiger partial charge in [0.1, 0.15) is 11.5 Å². The normalized spacial score (nSPS) is 21.1. The summed E-state index contributed by atoms with van der Waals surface area (Å²) >= 11 is 0. The molecule has 0 unspecified atom stereocenters. The van der Waals surface area contributed by atoms with E-state index >= 15 is 0 Å². The molecule has 2 heterocycles. The SMILES string of the molecule is COc1ccccc1NC(=O)c1cccc(N2C(=O)N[C@H]3C[C@@]2(C)Oc2ccccc23)c1. The van der Waals surface area contributed by atoms with Crippen molar-refractivity contribution in [2.45, 2.75) is 25.1 Å². The molecule has 7 nitrogen and oxygen atoms in total. The first kappa shape index (κ1) is 19.9. The number of fused-ring (bicyclic) bond motifs is 4. The number of benzene rings is 3. The molecule has 32 heavy (non-hydrogen) atoms. The molecule has 0 aliphatic carbocycles. The highest BCUT2D eigenvalue weighted by molar-refractivity contribution is 6.06. The van der Waals surface area contributed by atoms with E-state index in [2.05, 4.69) is 10.6 Å². The lowest BCUT2D eigenvalue weighted by Crippen LogP contribution is -2.65. The molecule has 1 saturated heterocycles. The van der Waals surface area contributed by atoms with Gasteiger partial charge in [-0.2, -0.15) is 0 Å².